The zero-order valence-corrected chi connectivity index (χ0v) is 29.0. The van der Waals surface area contributed by atoms with Gasteiger partial charge < -0.3 is 20.6 Å². The van der Waals surface area contributed by atoms with E-state index in [1.54, 1.807) is 70.5 Å². The van der Waals surface area contributed by atoms with Crippen LogP contribution in [0.25, 0.3) is 0 Å². The molecule has 1 saturated carbocycles. The van der Waals surface area contributed by atoms with E-state index in [0.29, 0.717) is 52.7 Å². The minimum absolute atomic E-state index is 0.0243. The second-order valence-corrected chi connectivity index (χ2v) is 13.7. The number of hydrogen-bond acceptors (Lipinski definition) is 5. The van der Waals surface area contributed by atoms with Gasteiger partial charge in [0, 0.05) is 49.0 Å². The second-order valence-electron chi connectivity index (χ2n) is 12.9. The van der Waals surface area contributed by atoms with E-state index in [1.807, 2.05) is 12.1 Å². The Kier molecular flexibility index (Phi) is 11.3. The first-order valence-electron chi connectivity index (χ1n) is 16.4. The molecule has 3 atom stereocenters. The largest absolute Gasteiger partial charge is 0.480 e. The van der Waals surface area contributed by atoms with Crippen molar-refractivity contribution < 1.29 is 29.1 Å². The molecule has 1 aliphatic heterocycles. The Morgan fingerprint density at radius 3 is 2.00 bits per heavy atom. The Bertz CT molecular complexity index is 1690. The number of carbonyl (C=O) groups excluding carboxylic acids is 4. The highest BCUT2D eigenvalue weighted by atomic mass is 35.5. The molecule has 258 valence electrons. The lowest BCUT2D eigenvalue weighted by Gasteiger charge is -2.31. The third-order valence-electron chi connectivity index (χ3n) is 9.52. The third-order valence-corrected chi connectivity index (χ3v) is 10.0. The highest BCUT2D eigenvalue weighted by molar-refractivity contribution is 6.30. The van der Waals surface area contributed by atoms with Crippen LogP contribution in [0.15, 0.2) is 72.8 Å². The summed E-state index contributed by atoms with van der Waals surface area (Å²) in [7, 11) is 0. The number of rotatable bonds is 12. The van der Waals surface area contributed by atoms with Crippen molar-refractivity contribution in [2.24, 2.45) is 5.41 Å². The number of halogens is 2. The third kappa shape index (κ3) is 8.25. The van der Waals surface area contributed by atoms with Gasteiger partial charge in [-0.25, -0.2) is 4.79 Å². The minimum atomic E-state index is -1.18. The van der Waals surface area contributed by atoms with Crippen LogP contribution in [-0.2, 0) is 36.8 Å². The maximum atomic E-state index is 14.2. The number of amides is 4. The number of hydrogen-bond donors (Lipinski definition) is 3. The second kappa shape index (κ2) is 15.4. The van der Waals surface area contributed by atoms with Gasteiger partial charge in [0.1, 0.15) is 18.2 Å². The van der Waals surface area contributed by atoms with E-state index in [-0.39, 0.29) is 36.5 Å². The normalized spacial score (nSPS) is 19.1. The first kappa shape index (κ1) is 35.9. The van der Waals surface area contributed by atoms with Crippen molar-refractivity contribution in [1.82, 2.24) is 15.5 Å². The minimum Gasteiger partial charge on any atom is -0.480 e. The zero-order chi connectivity index (χ0) is 35.3. The Morgan fingerprint density at radius 2 is 1.45 bits per heavy atom. The van der Waals surface area contributed by atoms with Crippen LogP contribution in [0.3, 0.4) is 0 Å². The molecule has 0 aromatic heterocycles. The maximum Gasteiger partial charge on any atom is 0.326 e. The zero-order valence-electron chi connectivity index (χ0n) is 27.5. The Labute approximate surface area is 295 Å². The highest BCUT2D eigenvalue weighted by Gasteiger charge is 2.49. The molecule has 1 saturated heterocycles. The van der Waals surface area contributed by atoms with Crippen molar-refractivity contribution in [3.63, 3.8) is 0 Å². The first-order valence-corrected chi connectivity index (χ1v) is 17.1. The molecule has 0 radical (unpaired) electrons. The fourth-order valence-corrected chi connectivity index (χ4v) is 7.24. The average molecular weight is 708 g/mol. The molecule has 0 bridgehead atoms. The lowest BCUT2D eigenvalue weighted by atomic mass is 9.81. The van der Waals surface area contributed by atoms with E-state index in [2.05, 4.69) is 10.6 Å². The van der Waals surface area contributed by atoms with E-state index in [1.165, 1.54) is 13.8 Å². The lowest BCUT2D eigenvalue weighted by Crippen LogP contribution is -2.49. The van der Waals surface area contributed by atoms with E-state index in [0.717, 1.165) is 18.4 Å². The van der Waals surface area contributed by atoms with E-state index in [4.69, 9.17) is 23.2 Å². The quantitative estimate of drug-likeness (QED) is 0.221. The SMILES string of the molecule is CC(=O)NCCC1(C(=O)NC(Cc2ccc(N3C(=O)C(Cc4ccc(Cl)cc4)N(C(C)=O)C3c3ccc(Cl)cc3)cc2)C(=O)O)CCCC1. The average Bonchev–Trinajstić information content (AvgIpc) is 3.66. The van der Waals surface area contributed by atoms with Crippen LogP contribution < -0.4 is 15.5 Å². The molecule has 3 aromatic carbocycles. The fraction of sp³-hybridized carbons (Fsp3) is 0.378. The van der Waals surface area contributed by atoms with E-state index in [9.17, 15) is 29.1 Å². The predicted molar refractivity (Wildman–Crippen MR) is 187 cm³/mol. The summed E-state index contributed by atoms with van der Waals surface area (Å²) < 4.78 is 0. The number of nitrogens with zero attached hydrogens (tertiary/aromatic N) is 2. The number of nitrogens with one attached hydrogen (secondary N) is 2. The standard InChI is InChI=1S/C37H40Cl2N4O6/c1-23(44)40-20-19-37(17-3-4-18-37)36(49)41-31(35(47)48)21-25-7-15-30(16-8-25)43-33(27-9-13-29(39)14-10-27)42(24(2)45)32(34(43)46)22-26-5-11-28(38)12-6-26/h5-16,31-33H,3-4,17-22H2,1-2H3,(H,40,44)(H,41,49)(H,47,48). The summed E-state index contributed by atoms with van der Waals surface area (Å²) in [5.74, 6) is -2.20. The van der Waals surface area contributed by atoms with E-state index >= 15 is 0 Å². The van der Waals surface area contributed by atoms with E-state index < -0.39 is 29.6 Å². The van der Waals surface area contributed by atoms with Gasteiger partial charge in [0.05, 0.1) is 5.41 Å². The monoisotopic (exact) mass is 706 g/mol. The molecule has 10 nitrogen and oxygen atoms in total. The molecular weight excluding hydrogens is 667 g/mol. The van der Waals surface area contributed by atoms with Crippen LogP contribution in [-0.4, -0.2) is 58.2 Å². The summed E-state index contributed by atoms with van der Waals surface area (Å²) in [6, 6.07) is 19.1. The molecule has 5 rings (SSSR count). The predicted octanol–water partition coefficient (Wildman–Crippen LogP) is 5.70. The van der Waals surface area contributed by atoms with Gasteiger partial charge in [-0.15, -0.1) is 0 Å². The van der Waals surface area contributed by atoms with Crippen LogP contribution in [0.1, 0.15) is 68.8 Å². The van der Waals surface area contributed by atoms with Gasteiger partial charge in [0.25, 0.3) is 5.91 Å². The van der Waals surface area contributed by atoms with Crippen molar-refractivity contribution in [3.05, 3.63) is 99.5 Å². The maximum absolute atomic E-state index is 14.2. The molecule has 3 unspecified atom stereocenters. The van der Waals surface area contributed by atoms with Crippen LogP contribution in [0.4, 0.5) is 5.69 Å². The Hall–Kier alpha value is -4.41. The van der Waals surface area contributed by atoms with Gasteiger partial charge in [-0.2, -0.15) is 0 Å². The van der Waals surface area contributed by atoms with Gasteiger partial charge in [-0.3, -0.25) is 24.1 Å². The molecule has 0 spiro atoms. The summed E-state index contributed by atoms with van der Waals surface area (Å²) >= 11 is 12.3. The number of carbonyl (C=O) groups is 5. The molecule has 12 heteroatoms. The molecule has 2 aliphatic rings. The van der Waals surface area contributed by atoms with Crippen LogP contribution in [0.2, 0.25) is 10.0 Å². The molecule has 3 N–H and O–H groups in total. The molecule has 49 heavy (non-hydrogen) atoms. The van der Waals surface area contributed by atoms with Crippen molar-refractivity contribution in [3.8, 4) is 0 Å². The number of carboxylic acid groups (broad SMARTS) is 1. The summed E-state index contributed by atoms with van der Waals surface area (Å²) in [5.41, 5.74) is 1.99. The molecular formula is C37H40Cl2N4O6. The van der Waals surface area contributed by atoms with Crippen molar-refractivity contribution in [2.75, 3.05) is 11.4 Å². The number of aliphatic carboxylic acids is 1. The summed E-state index contributed by atoms with van der Waals surface area (Å²) in [6.07, 6.45) is 2.98. The highest BCUT2D eigenvalue weighted by Crippen LogP contribution is 2.42. The summed E-state index contributed by atoms with van der Waals surface area (Å²) in [5, 5.41) is 16.7. The summed E-state index contributed by atoms with van der Waals surface area (Å²) in [4.78, 5) is 67.8. The van der Waals surface area contributed by atoms with Gasteiger partial charge in [0.15, 0.2) is 0 Å². The number of anilines is 1. The van der Waals surface area contributed by atoms with Crippen LogP contribution in [0, 0.1) is 5.41 Å². The van der Waals surface area contributed by atoms with Gasteiger partial charge in [0.2, 0.25) is 17.7 Å². The molecule has 4 amide bonds. The van der Waals surface area contributed by atoms with Crippen molar-refractivity contribution >= 4 is 58.5 Å². The first-order chi connectivity index (χ1) is 23.4. The van der Waals surface area contributed by atoms with Gasteiger partial charge >= 0.3 is 5.97 Å². The Balaban J connectivity index is 1.39. The number of carboxylic acids is 1. The summed E-state index contributed by atoms with van der Waals surface area (Å²) in [6.45, 7) is 3.20. The molecule has 1 heterocycles. The Morgan fingerprint density at radius 1 is 0.878 bits per heavy atom. The molecule has 2 fully saturated rings. The number of benzene rings is 3. The van der Waals surface area contributed by atoms with Crippen molar-refractivity contribution in [2.45, 2.75) is 77.0 Å². The van der Waals surface area contributed by atoms with Crippen molar-refractivity contribution in [1.29, 1.82) is 0 Å². The van der Waals surface area contributed by atoms with Gasteiger partial charge in [-0.1, -0.05) is 72.4 Å². The molecule has 1 aliphatic carbocycles. The smallest absolute Gasteiger partial charge is 0.326 e. The van der Waals surface area contributed by atoms with Crippen LogP contribution >= 0.6 is 23.2 Å². The topological polar surface area (TPSA) is 136 Å². The fourth-order valence-electron chi connectivity index (χ4n) is 6.99. The molecule has 3 aromatic rings. The van der Waals surface area contributed by atoms with Crippen LogP contribution in [0.5, 0.6) is 0 Å². The lowest BCUT2D eigenvalue weighted by molar-refractivity contribution is -0.144. The van der Waals surface area contributed by atoms with Gasteiger partial charge in [-0.05, 0) is 72.4 Å².